The largest absolute Gasteiger partial charge is 0.456 e. The van der Waals surface area contributed by atoms with Gasteiger partial charge in [-0.15, -0.1) is 22.7 Å². The van der Waals surface area contributed by atoms with Gasteiger partial charge in [-0.25, -0.2) is 0 Å². The molecule has 26 rings (SSSR count). The van der Waals surface area contributed by atoms with Gasteiger partial charge in [0.2, 0.25) is 0 Å². The van der Waals surface area contributed by atoms with E-state index in [1.54, 1.807) is 0 Å². The van der Waals surface area contributed by atoms with Crippen molar-refractivity contribution in [1.82, 2.24) is 4.57 Å². The second-order valence-corrected chi connectivity index (χ2v) is 38.4. The van der Waals surface area contributed by atoms with Gasteiger partial charge < -0.3 is 23.7 Å². The van der Waals surface area contributed by atoms with E-state index < -0.39 is 0 Å². The number of aromatic nitrogens is 1. The Morgan fingerprint density at radius 2 is 0.500 bits per heavy atom. The molecular weight excluding hydrogens is 1610 g/mol. The van der Waals surface area contributed by atoms with Crippen LogP contribution >= 0.6 is 22.7 Å². The summed E-state index contributed by atoms with van der Waals surface area (Å²) in [4.78, 5) is 7.33. The summed E-state index contributed by atoms with van der Waals surface area (Å²) in [5.41, 5.74) is 36.3. The average molecular weight is 1700 g/mol. The van der Waals surface area contributed by atoms with Crippen LogP contribution in [0.15, 0.2) is 441 Å². The number of fused-ring (bicyclic) bond motifs is 18. The Hall–Kier alpha value is -15.4. The van der Waals surface area contributed by atoms with Crippen LogP contribution in [0, 0.1) is 0 Å². The molecule has 0 spiro atoms. The van der Waals surface area contributed by atoms with Crippen molar-refractivity contribution in [2.45, 2.75) is 57.8 Å². The third-order valence-corrected chi connectivity index (χ3v) is 30.0. The molecule has 620 valence electrons. The molecule has 7 heteroatoms. The summed E-state index contributed by atoms with van der Waals surface area (Å²) in [5, 5.41) is 10.2. The number of hydrogen-bond acceptors (Lipinski definition) is 6. The van der Waals surface area contributed by atoms with Crippen LogP contribution in [0.1, 0.15) is 74.9 Å². The standard InChI is InChI=1S/C45H32N2S.C39H29NO.C39H29NS/c1-45(2)37-16-8-10-18-41(37)47(32-22-25-44-36(28-32)34-15-7-11-19-43(34)48-44)42-24-21-30(27-38(42)45)29-20-23-40-35(26-29)33-14-6-9-17-39(33)46(40)31-12-4-3-5-13-31;2*1-39(2)33-13-7-8-14-35(33)40(30-20-16-27(17-21-30)26-10-4-3-5-11-26)36-22-18-29(25-34(36)39)28-19-23-38-32(24-28)31-12-6-9-15-37(31)41-38/h3-28H,1-2H3;2*3-25H,1-2H3. The number of anilines is 9. The molecule has 130 heavy (non-hydrogen) atoms. The highest BCUT2D eigenvalue weighted by atomic mass is 32.1. The van der Waals surface area contributed by atoms with E-state index in [4.69, 9.17) is 4.42 Å². The topological polar surface area (TPSA) is 27.8 Å². The molecular formula is C123H90N4OS2. The number of furan rings is 1. The minimum atomic E-state index is -0.176. The van der Waals surface area contributed by atoms with E-state index in [9.17, 15) is 0 Å². The first kappa shape index (κ1) is 78.1. The molecule has 0 aliphatic carbocycles. The highest BCUT2D eigenvalue weighted by molar-refractivity contribution is 7.26. The van der Waals surface area contributed by atoms with Gasteiger partial charge in [0.25, 0.3) is 0 Å². The molecule has 4 aromatic heterocycles. The molecule has 0 amide bonds. The zero-order chi connectivity index (χ0) is 87.1. The quantitative estimate of drug-likeness (QED) is 0.144. The number of rotatable bonds is 9. The van der Waals surface area contributed by atoms with Gasteiger partial charge in [0.1, 0.15) is 11.2 Å². The maximum Gasteiger partial charge on any atom is 0.135 e. The first-order valence-electron chi connectivity index (χ1n) is 45.0. The van der Waals surface area contributed by atoms with E-state index in [0.717, 1.165) is 27.6 Å². The summed E-state index contributed by atoms with van der Waals surface area (Å²) >= 11 is 3.74. The van der Waals surface area contributed by atoms with E-state index in [0.29, 0.717) is 0 Å². The van der Waals surface area contributed by atoms with Crippen molar-refractivity contribution in [3.05, 3.63) is 470 Å². The summed E-state index contributed by atoms with van der Waals surface area (Å²) in [6.07, 6.45) is 0. The summed E-state index contributed by atoms with van der Waals surface area (Å²) < 4.78 is 13.8. The second-order valence-electron chi connectivity index (χ2n) is 36.3. The van der Waals surface area contributed by atoms with Crippen molar-refractivity contribution in [2.75, 3.05) is 14.7 Å². The number of nitrogens with zero attached hydrogens (tertiary/aromatic N) is 4. The monoisotopic (exact) mass is 1700 g/mol. The molecule has 0 unspecified atom stereocenters. The van der Waals surface area contributed by atoms with Crippen LogP contribution in [-0.2, 0) is 16.2 Å². The Balaban J connectivity index is 0.000000109. The molecule has 23 aromatic rings. The third kappa shape index (κ3) is 13.0. The molecule has 3 aliphatic rings. The van der Waals surface area contributed by atoms with Gasteiger partial charge in [0.15, 0.2) is 0 Å². The molecule has 0 radical (unpaired) electrons. The first-order chi connectivity index (χ1) is 63.7. The minimum absolute atomic E-state index is 0.137. The van der Waals surface area contributed by atoms with Gasteiger partial charge in [0, 0.05) is 101 Å². The van der Waals surface area contributed by atoms with Crippen LogP contribution in [-0.4, -0.2) is 4.57 Å². The highest BCUT2D eigenvalue weighted by Crippen LogP contribution is 2.58. The van der Waals surface area contributed by atoms with Crippen molar-refractivity contribution in [1.29, 1.82) is 0 Å². The Morgan fingerprint density at radius 3 is 1.01 bits per heavy atom. The van der Waals surface area contributed by atoms with Gasteiger partial charge in [-0.2, -0.15) is 0 Å². The van der Waals surface area contributed by atoms with Crippen LogP contribution in [0.4, 0.5) is 51.2 Å². The number of thiophene rings is 2. The first-order valence-corrected chi connectivity index (χ1v) is 46.6. The molecule has 0 fully saturated rings. The van der Waals surface area contributed by atoms with Crippen LogP contribution in [0.3, 0.4) is 0 Å². The minimum Gasteiger partial charge on any atom is -0.456 e. The Bertz CT molecular complexity index is 8100. The lowest BCUT2D eigenvalue weighted by molar-refractivity contribution is 0.632. The van der Waals surface area contributed by atoms with E-state index in [1.165, 1.54) is 202 Å². The lowest BCUT2D eigenvalue weighted by Crippen LogP contribution is -2.30. The number of benzene rings is 19. The lowest BCUT2D eigenvalue weighted by Gasteiger charge is -2.42. The fourth-order valence-electron chi connectivity index (χ4n) is 21.0. The summed E-state index contributed by atoms with van der Waals surface area (Å²) in [7, 11) is 0. The molecule has 0 atom stereocenters. The smallest absolute Gasteiger partial charge is 0.135 e. The van der Waals surface area contributed by atoms with E-state index in [2.05, 4.69) is 485 Å². The average Bonchev–Trinajstić information content (AvgIpc) is 1.04. The van der Waals surface area contributed by atoms with E-state index >= 15 is 0 Å². The Morgan fingerprint density at radius 1 is 0.185 bits per heavy atom. The molecule has 0 bridgehead atoms. The fraction of sp³-hybridized carbons (Fsp3) is 0.0732. The zero-order valence-corrected chi connectivity index (χ0v) is 74.7. The fourth-order valence-corrected chi connectivity index (χ4v) is 23.2. The Kier molecular flexibility index (Phi) is 18.6. The molecule has 19 aromatic carbocycles. The van der Waals surface area contributed by atoms with Crippen molar-refractivity contribution < 1.29 is 4.42 Å². The zero-order valence-electron chi connectivity index (χ0n) is 73.1. The van der Waals surface area contributed by atoms with Crippen molar-refractivity contribution in [3.8, 4) is 61.3 Å². The van der Waals surface area contributed by atoms with Gasteiger partial charge in [-0.3, -0.25) is 0 Å². The maximum absolute atomic E-state index is 6.10. The lowest BCUT2D eigenvalue weighted by atomic mass is 9.73. The van der Waals surface area contributed by atoms with Crippen molar-refractivity contribution in [3.63, 3.8) is 0 Å². The molecule has 5 nitrogen and oxygen atoms in total. The van der Waals surface area contributed by atoms with Gasteiger partial charge in [-0.1, -0.05) is 308 Å². The molecule has 7 heterocycles. The summed E-state index contributed by atoms with van der Waals surface area (Å²) in [5.74, 6) is 0. The number of hydrogen-bond donors (Lipinski definition) is 0. The summed E-state index contributed by atoms with van der Waals surface area (Å²) in [6, 6.07) is 159. The van der Waals surface area contributed by atoms with Gasteiger partial charge >= 0.3 is 0 Å². The van der Waals surface area contributed by atoms with Crippen LogP contribution in [0.2, 0.25) is 0 Å². The molecule has 0 saturated heterocycles. The van der Waals surface area contributed by atoms with E-state index in [1.807, 2.05) is 34.8 Å². The normalized spacial score (nSPS) is 13.8. The second kappa shape index (κ2) is 31.0. The van der Waals surface area contributed by atoms with Crippen LogP contribution in [0.25, 0.3) is 145 Å². The maximum atomic E-state index is 6.10. The van der Waals surface area contributed by atoms with E-state index in [-0.39, 0.29) is 16.2 Å². The predicted octanol–water partition coefficient (Wildman–Crippen LogP) is 35.5. The van der Waals surface area contributed by atoms with Gasteiger partial charge in [-0.05, 0) is 259 Å². The highest BCUT2D eigenvalue weighted by Gasteiger charge is 2.41. The van der Waals surface area contributed by atoms with Crippen molar-refractivity contribution >= 4 is 158 Å². The van der Waals surface area contributed by atoms with Crippen LogP contribution in [0.5, 0.6) is 0 Å². The third-order valence-electron chi connectivity index (χ3n) is 27.7. The van der Waals surface area contributed by atoms with Crippen LogP contribution < -0.4 is 14.7 Å². The molecule has 0 N–H and O–H groups in total. The SMILES string of the molecule is CC1(C)c2ccccc2N(c2ccc(-c3ccccc3)cc2)c2ccc(-c3ccc4oc5ccccc5c4c3)cc21.CC1(C)c2ccccc2N(c2ccc(-c3ccccc3)cc2)c2ccc(-c3ccc4sc5ccccc5c4c3)cc21.CC1(C)c2ccccc2N(c2ccc3sc4ccccc4c3c2)c2ccc(-c3ccc4c(c3)c3ccccc3n4-c3ccccc3)cc21. The number of para-hydroxylation sites is 6. The molecule has 0 saturated carbocycles. The summed E-state index contributed by atoms with van der Waals surface area (Å²) in [6.45, 7) is 14.2. The molecule has 3 aliphatic heterocycles. The predicted molar refractivity (Wildman–Crippen MR) is 554 cm³/mol. The Labute approximate surface area is 765 Å². The van der Waals surface area contributed by atoms with Gasteiger partial charge in [0.05, 0.1) is 45.2 Å². The van der Waals surface area contributed by atoms with Crippen molar-refractivity contribution in [2.24, 2.45) is 0 Å².